The quantitative estimate of drug-likeness (QED) is 0.603. The molecule has 0 saturated heterocycles. The lowest BCUT2D eigenvalue weighted by Crippen LogP contribution is -1.99. The van der Waals surface area contributed by atoms with Crippen LogP contribution in [-0.4, -0.2) is 16.4 Å². The largest absolute Gasteiger partial charge is 0.527 e. The zero-order chi connectivity index (χ0) is 8.32. The lowest BCUT2D eigenvalue weighted by atomic mass is 10.4. The third-order valence-corrected chi connectivity index (χ3v) is 1.32. The van der Waals surface area contributed by atoms with Gasteiger partial charge in [-0.2, -0.15) is 0 Å². The van der Waals surface area contributed by atoms with E-state index in [4.69, 9.17) is 14.5 Å². The van der Waals surface area contributed by atoms with Crippen molar-refractivity contribution in [2.75, 3.05) is 6.61 Å². The van der Waals surface area contributed by atoms with Gasteiger partial charge in [-0.05, 0) is 6.08 Å². The van der Waals surface area contributed by atoms with E-state index < -0.39 is 7.82 Å². The molecule has 0 atom stereocenters. The lowest BCUT2D eigenvalue weighted by molar-refractivity contribution is 0.0963. The molecular weight excluding hydrogens is 171 g/mol. The standard InChI is InChI=1S/C5H7O5P/c6-11(7,8)10-5-3-1-2-4-9-5/h1-3H,4H2,(H2,6,7,8). The number of hydrogen-bond acceptors (Lipinski definition) is 3. The Morgan fingerprint density at radius 3 is 2.82 bits per heavy atom. The van der Waals surface area contributed by atoms with E-state index in [0.717, 1.165) is 0 Å². The lowest BCUT2D eigenvalue weighted by Gasteiger charge is -2.11. The highest BCUT2D eigenvalue weighted by Crippen LogP contribution is 2.39. The van der Waals surface area contributed by atoms with Gasteiger partial charge < -0.3 is 9.26 Å². The van der Waals surface area contributed by atoms with Gasteiger partial charge >= 0.3 is 7.82 Å². The van der Waals surface area contributed by atoms with E-state index in [0.29, 0.717) is 0 Å². The number of phosphoric acid groups is 1. The van der Waals surface area contributed by atoms with Gasteiger partial charge in [0.25, 0.3) is 5.95 Å². The second kappa shape index (κ2) is 3.09. The van der Waals surface area contributed by atoms with Gasteiger partial charge in [0.05, 0.1) is 0 Å². The first-order valence-electron chi connectivity index (χ1n) is 2.83. The Labute approximate surface area is 63.2 Å². The second-order valence-corrected chi connectivity index (χ2v) is 2.97. The Balaban J connectivity index is 2.56. The number of hydrogen-bond donors (Lipinski definition) is 2. The number of rotatable bonds is 2. The molecule has 0 fully saturated rings. The first-order chi connectivity index (χ1) is 5.08. The molecule has 2 N–H and O–H groups in total. The maximum absolute atomic E-state index is 10.2. The van der Waals surface area contributed by atoms with Gasteiger partial charge in [-0.15, -0.1) is 0 Å². The Kier molecular flexibility index (Phi) is 2.34. The van der Waals surface area contributed by atoms with E-state index in [9.17, 15) is 4.57 Å². The predicted octanol–water partition coefficient (Wildman–Crippen LogP) is 0.523. The maximum atomic E-state index is 10.2. The van der Waals surface area contributed by atoms with Crippen LogP contribution in [0.2, 0.25) is 0 Å². The van der Waals surface area contributed by atoms with Gasteiger partial charge in [-0.25, -0.2) is 4.57 Å². The van der Waals surface area contributed by atoms with Crippen molar-refractivity contribution in [3.05, 3.63) is 24.2 Å². The summed E-state index contributed by atoms with van der Waals surface area (Å²) in [4.78, 5) is 16.6. The van der Waals surface area contributed by atoms with Crippen LogP contribution in [0.5, 0.6) is 0 Å². The minimum Gasteiger partial charge on any atom is -0.461 e. The molecule has 62 valence electrons. The molecule has 5 nitrogen and oxygen atoms in total. The Morgan fingerprint density at radius 1 is 1.64 bits per heavy atom. The third-order valence-electron chi connectivity index (χ3n) is 0.899. The van der Waals surface area contributed by atoms with E-state index in [1.807, 2.05) is 0 Å². The van der Waals surface area contributed by atoms with Gasteiger partial charge in [0.15, 0.2) is 0 Å². The number of ether oxygens (including phenoxy) is 1. The Bertz CT molecular complexity index is 237. The van der Waals surface area contributed by atoms with E-state index in [1.54, 1.807) is 12.2 Å². The molecule has 1 heterocycles. The van der Waals surface area contributed by atoms with Gasteiger partial charge in [0.1, 0.15) is 6.61 Å². The predicted molar refractivity (Wildman–Crippen MR) is 36.3 cm³/mol. The molecule has 0 radical (unpaired) electrons. The highest BCUT2D eigenvalue weighted by atomic mass is 31.2. The van der Waals surface area contributed by atoms with Gasteiger partial charge in [-0.3, -0.25) is 9.79 Å². The summed E-state index contributed by atoms with van der Waals surface area (Å²) in [6.45, 7) is 0.270. The summed E-state index contributed by atoms with van der Waals surface area (Å²) in [7, 11) is -4.46. The van der Waals surface area contributed by atoms with E-state index in [2.05, 4.69) is 4.52 Å². The van der Waals surface area contributed by atoms with Crippen molar-refractivity contribution in [3.8, 4) is 0 Å². The highest BCUT2D eigenvalue weighted by Gasteiger charge is 2.18. The van der Waals surface area contributed by atoms with Crippen LogP contribution >= 0.6 is 7.82 Å². The summed E-state index contributed by atoms with van der Waals surface area (Å²) in [6.07, 6.45) is 4.61. The summed E-state index contributed by atoms with van der Waals surface area (Å²) in [6, 6.07) is 0. The average Bonchev–Trinajstić information content (AvgIpc) is 1.85. The smallest absolute Gasteiger partial charge is 0.461 e. The van der Waals surface area contributed by atoms with Gasteiger partial charge in [0, 0.05) is 6.08 Å². The van der Waals surface area contributed by atoms with E-state index >= 15 is 0 Å². The van der Waals surface area contributed by atoms with Crippen molar-refractivity contribution in [2.45, 2.75) is 0 Å². The van der Waals surface area contributed by atoms with Crippen molar-refractivity contribution in [1.29, 1.82) is 0 Å². The molecular formula is C5H7O5P. The summed E-state index contributed by atoms with van der Waals surface area (Å²) in [5, 5.41) is 0. The van der Waals surface area contributed by atoms with Crippen LogP contribution in [-0.2, 0) is 13.8 Å². The molecule has 0 aromatic carbocycles. The molecule has 1 aliphatic rings. The van der Waals surface area contributed by atoms with Gasteiger partial charge in [-0.1, -0.05) is 6.08 Å². The minimum atomic E-state index is -4.46. The summed E-state index contributed by atoms with van der Waals surface area (Å²) < 4.78 is 19.1. The van der Waals surface area contributed by atoms with Crippen LogP contribution in [0.1, 0.15) is 0 Å². The fraction of sp³-hybridized carbons (Fsp3) is 0.200. The van der Waals surface area contributed by atoms with Crippen molar-refractivity contribution < 1.29 is 23.6 Å². The normalized spacial score (nSPS) is 17.1. The summed E-state index contributed by atoms with van der Waals surface area (Å²) in [5.74, 6) is -0.152. The number of allylic oxidation sites excluding steroid dienone is 2. The second-order valence-electron chi connectivity index (χ2n) is 1.81. The molecule has 6 heteroatoms. The molecule has 0 bridgehead atoms. The van der Waals surface area contributed by atoms with Crippen molar-refractivity contribution in [3.63, 3.8) is 0 Å². The maximum Gasteiger partial charge on any atom is 0.527 e. The highest BCUT2D eigenvalue weighted by molar-refractivity contribution is 7.46. The Morgan fingerprint density at radius 2 is 2.36 bits per heavy atom. The summed E-state index contributed by atoms with van der Waals surface area (Å²) >= 11 is 0. The minimum absolute atomic E-state index is 0.152. The van der Waals surface area contributed by atoms with Crippen LogP contribution in [0, 0.1) is 0 Å². The fourth-order valence-electron chi connectivity index (χ4n) is 0.555. The van der Waals surface area contributed by atoms with Crippen LogP contribution in [0.25, 0.3) is 0 Å². The molecule has 0 spiro atoms. The van der Waals surface area contributed by atoms with Crippen LogP contribution in [0.3, 0.4) is 0 Å². The van der Waals surface area contributed by atoms with Gasteiger partial charge in [0.2, 0.25) is 0 Å². The van der Waals surface area contributed by atoms with Crippen molar-refractivity contribution in [2.24, 2.45) is 0 Å². The van der Waals surface area contributed by atoms with Crippen LogP contribution in [0.15, 0.2) is 24.2 Å². The Hall–Kier alpha value is -0.770. The van der Waals surface area contributed by atoms with E-state index in [-0.39, 0.29) is 12.6 Å². The molecule has 0 unspecified atom stereocenters. The molecule has 1 aliphatic heterocycles. The van der Waals surface area contributed by atoms with Crippen molar-refractivity contribution in [1.82, 2.24) is 0 Å². The van der Waals surface area contributed by atoms with E-state index in [1.165, 1.54) is 6.08 Å². The first-order valence-corrected chi connectivity index (χ1v) is 4.36. The molecule has 0 aromatic rings. The summed E-state index contributed by atoms with van der Waals surface area (Å²) in [5.41, 5.74) is 0. The van der Waals surface area contributed by atoms with Crippen molar-refractivity contribution >= 4 is 7.82 Å². The zero-order valence-electron chi connectivity index (χ0n) is 5.51. The average molecular weight is 178 g/mol. The molecule has 0 saturated carbocycles. The molecule has 11 heavy (non-hydrogen) atoms. The SMILES string of the molecule is O=P(O)(O)OC1=CC=CCO1. The monoisotopic (exact) mass is 178 g/mol. The first kappa shape index (κ1) is 8.33. The fourth-order valence-corrected chi connectivity index (χ4v) is 0.902. The van der Waals surface area contributed by atoms with Crippen LogP contribution < -0.4 is 0 Å². The topological polar surface area (TPSA) is 76.0 Å². The number of phosphoric ester groups is 1. The molecule has 1 rings (SSSR count). The molecule has 0 aromatic heterocycles. The third kappa shape index (κ3) is 3.23. The van der Waals surface area contributed by atoms with Crippen LogP contribution in [0.4, 0.5) is 0 Å². The zero-order valence-corrected chi connectivity index (χ0v) is 6.40. The molecule has 0 aliphatic carbocycles. The molecule has 0 amide bonds.